The fraction of sp³-hybridized carbons (Fsp3) is 0.400. The van der Waals surface area contributed by atoms with Gasteiger partial charge in [-0.3, -0.25) is 4.39 Å². The lowest BCUT2D eigenvalue weighted by molar-refractivity contribution is 0.299. The van der Waals surface area contributed by atoms with Gasteiger partial charge in [0.2, 0.25) is 0 Å². The van der Waals surface area contributed by atoms with Crippen LogP contribution in [0.25, 0.3) is 0 Å². The van der Waals surface area contributed by atoms with E-state index in [0.29, 0.717) is 10.7 Å². The van der Waals surface area contributed by atoms with Crippen LogP contribution in [0.1, 0.15) is 25.0 Å². The van der Waals surface area contributed by atoms with Crippen molar-refractivity contribution in [2.45, 2.75) is 26.7 Å². The van der Waals surface area contributed by atoms with Gasteiger partial charge in [-0.2, -0.15) is 4.31 Å². The van der Waals surface area contributed by atoms with Crippen LogP contribution in [-0.2, 0) is 12.8 Å². The molecule has 0 saturated carbocycles. The first-order chi connectivity index (χ1) is 13.7. The minimum absolute atomic E-state index is 0.0648. The number of aliphatic hydroxyl groups excluding tert-OH is 1. The zero-order chi connectivity index (χ0) is 22.3. The Bertz CT molecular complexity index is 604. The number of halogens is 6. The summed E-state index contributed by atoms with van der Waals surface area (Å²) >= 11 is 1.71. The second-order valence-corrected chi connectivity index (χ2v) is 8.77. The molecule has 0 fully saturated rings. The van der Waals surface area contributed by atoms with E-state index in [4.69, 9.17) is 5.11 Å². The number of hydrogen-bond donors (Lipinski definition) is 1. The highest BCUT2D eigenvalue weighted by Gasteiger charge is 2.27. The average Bonchev–Trinajstić information content (AvgIpc) is 2.67. The molecule has 0 spiro atoms. The standard InChI is InChI=1S/C8H8BrF.C8H9BrO.C4H10F3NS/c2*9-8-3-1-7(2-4-8)5-6-10;1-3-8(4-2)9(5,6)7/h1-4H,5-6H2;1-4,10H,5-6H2;3-4H2,1-2H3. The molecule has 2 nitrogen and oxygen atoms in total. The zero-order valence-corrected chi connectivity index (χ0v) is 20.4. The number of rotatable bonds is 7. The molecule has 29 heavy (non-hydrogen) atoms. The van der Waals surface area contributed by atoms with E-state index in [1.54, 1.807) is 0 Å². The normalized spacial score (nSPS) is 11.2. The summed E-state index contributed by atoms with van der Waals surface area (Å²) in [5.41, 5.74) is 2.22. The fourth-order valence-electron chi connectivity index (χ4n) is 2.06. The van der Waals surface area contributed by atoms with Crippen molar-refractivity contribution < 1.29 is 21.2 Å². The molecule has 0 unspecified atom stereocenters. The van der Waals surface area contributed by atoms with Crippen LogP contribution >= 0.6 is 43.2 Å². The topological polar surface area (TPSA) is 23.5 Å². The maximum Gasteiger partial charge on any atom is 0.278 e. The zero-order valence-electron chi connectivity index (χ0n) is 16.4. The molecule has 0 heterocycles. The quantitative estimate of drug-likeness (QED) is 0.349. The summed E-state index contributed by atoms with van der Waals surface area (Å²) in [6, 6.07) is 15.6. The second kappa shape index (κ2) is 16.1. The van der Waals surface area contributed by atoms with Crippen LogP contribution in [0.5, 0.6) is 0 Å². The van der Waals surface area contributed by atoms with Gasteiger partial charge in [-0.25, -0.2) is 0 Å². The molecular formula is C20H27Br2F4NOS. The molecule has 166 valence electrons. The molecule has 0 saturated heterocycles. The maximum absolute atomic E-state index is 11.8. The number of nitrogens with zero attached hydrogens (tertiary/aromatic N) is 1. The van der Waals surface area contributed by atoms with Crippen molar-refractivity contribution in [3.05, 3.63) is 68.6 Å². The van der Waals surface area contributed by atoms with Crippen LogP contribution in [0, 0.1) is 0 Å². The van der Waals surface area contributed by atoms with E-state index in [9.17, 15) is 16.0 Å². The molecule has 0 aromatic heterocycles. The van der Waals surface area contributed by atoms with Crippen LogP contribution in [-0.4, -0.2) is 35.8 Å². The van der Waals surface area contributed by atoms with Crippen LogP contribution in [0.4, 0.5) is 16.0 Å². The molecule has 1 N–H and O–H groups in total. The first-order valence-electron chi connectivity index (χ1n) is 9.00. The molecule has 0 aliphatic rings. The molecule has 0 radical (unpaired) electrons. The van der Waals surface area contributed by atoms with Gasteiger partial charge >= 0.3 is 0 Å². The summed E-state index contributed by atoms with van der Waals surface area (Å²) in [6.07, 6.45) is 1.26. The lowest BCUT2D eigenvalue weighted by atomic mass is 10.2. The molecular weight excluding hydrogens is 538 g/mol. The SMILES string of the molecule is CCN(CC)S(F)(F)F.FCCc1ccc(Br)cc1.OCCc1ccc(Br)cc1. The summed E-state index contributed by atoms with van der Waals surface area (Å²) < 4.78 is 49.6. The van der Waals surface area contributed by atoms with Gasteiger partial charge in [0.25, 0.3) is 11.4 Å². The summed E-state index contributed by atoms with van der Waals surface area (Å²) in [5, 5.41) is 8.58. The number of alkyl halides is 1. The van der Waals surface area contributed by atoms with Crippen molar-refractivity contribution in [3.63, 3.8) is 0 Å². The van der Waals surface area contributed by atoms with Gasteiger partial charge in [-0.05, 0) is 41.8 Å². The summed E-state index contributed by atoms with van der Waals surface area (Å²) in [4.78, 5) is 0. The van der Waals surface area contributed by atoms with E-state index in [2.05, 4.69) is 31.9 Å². The van der Waals surface area contributed by atoms with Gasteiger partial charge < -0.3 is 5.11 Å². The molecule has 0 amide bonds. The maximum atomic E-state index is 11.8. The number of aliphatic hydroxyl groups is 1. The molecule has 0 bridgehead atoms. The summed E-state index contributed by atoms with van der Waals surface area (Å²) in [5.74, 6) is 0. The molecule has 0 aliphatic carbocycles. The number of benzene rings is 2. The largest absolute Gasteiger partial charge is 0.396 e. The molecule has 2 aromatic rings. The predicted molar refractivity (Wildman–Crippen MR) is 123 cm³/mol. The average molecular weight is 565 g/mol. The van der Waals surface area contributed by atoms with Gasteiger partial charge in [0.05, 0.1) is 6.67 Å². The Balaban J connectivity index is 0.000000407. The minimum atomic E-state index is -4.93. The predicted octanol–water partition coefficient (Wildman–Crippen LogP) is 7.65. The monoisotopic (exact) mass is 563 g/mol. The van der Waals surface area contributed by atoms with E-state index < -0.39 is 11.4 Å². The van der Waals surface area contributed by atoms with Crippen molar-refractivity contribution in [2.75, 3.05) is 26.4 Å². The lowest BCUT2D eigenvalue weighted by Gasteiger charge is -2.23. The number of aryl methyl sites for hydroxylation is 1. The minimum Gasteiger partial charge on any atom is -0.396 e. The molecule has 0 aliphatic heterocycles. The van der Waals surface area contributed by atoms with E-state index >= 15 is 0 Å². The molecule has 0 atom stereocenters. The Hall–Kier alpha value is -0.610. The Morgan fingerprint density at radius 3 is 1.41 bits per heavy atom. The smallest absolute Gasteiger partial charge is 0.278 e. The second-order valence-electron chi connectivity index (χ2n) is 5.66. The first-order valence-corrected chi connectivity index (χ1v) is 11.9. The Morgan fingerprint density at radius 1 is 0.793 bits per heavy atom. The van der Waals surface area contributed by atoms with Gasteiger partial charge in [0.15, 0.2) is 0 Å². The third-order valence-corrected chi connectivity index (χ3v) is 5.77. The molecule has 2 aromatic carbocycles. The highest BCUT2D eigenvalue weighted by molar-refractivity contribution is 9.10. The van der Waals surface area contributed by atoms with E-state index in [0.717, 1.165) is 20.9 Å². The highest BCUT2D eigenvalue weighted by atomic mass is 79.9. The van der Waals surface area contributed by atoms with Crippen molar-refractivity contribution in [3.8, 4) is 0 Å². The van der Waals surface area contributed by atoms with Crippen molar-refractivity contribution in [1.29, 1.82) is 0 Å². The first kappa shape index (κ1) is 28.4. The summed E-state index contributed by atoms with van der Waals surface area (Å²) in [6.45, 7) is 3.09. The van der Waals surface area contributed by atoms with Gasteiger partial charge in [-0.1, -0.05) is 70.0 Å². The Morgan fingerprint density at radius 2 is 1.17 bits per heavy atom. The third kappa shape index (κ3) is 14.1. The van der Waals surface area contributed by atoms with Gasteiger partial charge in [0.1, 0.15) is 0 Å². The molecule has 2 rings (SSSR count). The van der Waals surface area contributed by atoms with Crippen LogP contribution < -0.4 is 0 Å². The van der Waals surface area contributed by atoms with Crippen molar-refractivity contribution in [1.82, 2.24) is 4.31 Å². The van der Waals surface area contributed by atoms with Gasteiger partial charge in [-0.15, -0.1) is 11.7 Å². The van der Waals surface area contributed by atoms with E-state index in [1.165, 1.54) is 19.4 Å². The van der Waals surface area contributed by atoms with Gasteiger partial charge in [0, 0.05) is 35.1 Å². The van der Waals surface area contributed by atoms with E-state index in [1.807, 2.05) is 48.5 Å². The summed E-state index contributed by atoms with van der Waals surface area (Å²) in [7, 11) is 0. The Labute approximate surface area is 189 Å². The number of hydrogen-bond acceptors (Lipinski definition) is 2. The van der Waals surface area contributed by atoms with E-state index in [-0.39, 0.29) is 26.4 Å². The highest BCUT2D eigenvalue weighted by Crippen LogP contribution is 2.55. The van der Waals surface area contributed by atoms with Crippen LogP contribution in [0.2, 0.25) is 0 Å². The van der Waals surface area contributed by atoms with Crippen molar-refractivity contribution in [2.24, 2.45) is 0 Å². The Kier molecular flexibility index (Phi) is 15.8. The fourth-order valence-corrected chi connectivity index (χ4v) is 3.17. The lowest BCUT2D eigenvalue weighted by Crippen LogP contribution is -2.19. The van der Waals surface area contributed by atoms with Crippen LogP contribution in [0.15, 0.2) is 57.5 Å². The van der Waals surface area contributed by atoms with Crippen molar-refractivity contribution >= 4 is 43.2 Å². The molecule has 9 heteroatoms. The van der Waals surface area contributed by atoms with Crippen LogP contribution in [0.3, 0.4) is 0 Å². The third-order valence-electron chi connectivity index (χ3n) is 3.61.